The van der Waals surface area contributed by atoms with Gasteiger partial charge in [-0.15, -0.1) is 0 Å². The van der Waals surface area contributed by atoms with Gasteiger partial charge in [0, 0.05) is 27.9 Å². The monoisotopic (exact) mass is 538 g/mol. The SMILES string of the molecule is COc1ccc(/C=C(\C#N)C(=O)Nc2ccc(OCc3ccccc3Cl)cc2)c(OCc2cccc(C)c2)c1. The molecule has 4 rings (SSSR count). The lowest BCUT2D eigenvalue weighted by atomic mass is 10.1. The molecule has 0 aliphatic rings. The van der Waals surface area contributed by atoms with E-state index in [0.29, 0.717) is 46.7 Å². The minimum atomic E-state index is -0.539. The second-order valence-corrected chi connectivity index (χ2v) is 9.12. The number of nitrogens with zero attached hydrogens (tertiary/aromatic N) is 1. The zero-order valence-electron chi connectivity index (χ0n) is 21.6. The Hall–Kier alpha value is -4.73. The van der Waals surface area contributed by atoms with E-state index in [1.54, 1.807) is 49.6 Å². The summed E-state index contributed by atoms with van der Waals surface area (Å²) < 4.78 is 17.2. The van der Waals surface area contributed by atoms with Gasteiger partial charge in [-0.25, -0.2) is 0 Å². The predicted octanol–water partition coefficient (Wildman–Crippen LogP) is 7.36. The molecule has 0 aromatic heterocycles. The van der Waals surface area contributed by atoms with Gasteiger partial charge < -0.3 is 19.5 Å². The largest absolute Gasteiger partial charge is 0.497 e. The van der Waals surface area contributed by atoms with Gasteiger partial charge in [0.25, 0.3) is 5.91 Å². The Morgan fingerprint density at radius 1 is 0.923 bits per heavy atom. The minimum Gasteiger partial charge on any atom is -0.497 e. The van der Waals surface area contributed by atoms with E-state index in [0.717, 1.165) is 16.7 Å². The van der Waals surface area contributed by atoms with Gasteiger partial charge in [0.05, 0.1) is 7.11 Å². The molecule has 0 unspecified atom stereocenters. The molecule has 0 saturated heterocycles. The van der Waals surface area contributed by atoms with Crippen LogP contribution in [0.5, 0.6) is 17.2 Å². The fourth-order valence-electron chi connectivity index (χ4n) is 3.76. The summed E-state index contributed by atoms with van der Waals surface area (Å²) in [5.74, 6) is 1.18. The van der Waals surface area contributed by atoms with Crippen LogP contribution in [0, 0.1) is 18.3 Å². The molecule has 196 valence electrons. The number of hydrogen-bond donors (Lipinski definition) is 1. The van der Waals surface area contributed by atoms with Gasteiger partial charge in [-0.2, -0.15) is 5.26 Å². The lowest BCUT2D eigenvalue weighted by Gasteiger charge is -2.12. The van der Waals surface area contributed by atoms with Crippen LogP contribution >= 0.6 is 11.6 Å². The standard InChI is InChI=1S/C32H27ClN2O4/c1-22-6-5-7-23(16-22)20-39-31-18-29(37-2)13-10-24(31)17-26(19-34)32(36)35-27-11-14-28(15-12-27)38-21-25-8-3-4-9-30(25)33/h3-18H,20-21H2,1-2H3,(H,35,36)/b26-17+. The molecular formula is C32H27ClN2O4. The van der Waals surface area contributed by atoms with Crippen molar-refractivity contribution in [2.24, 2.45) is 0 Å². The van der Waals surface area contributed by atoms with Crippen LogP contribution in [0.25, 0.3) is 6.08 Å². The Balaban J connectivity index is 1.45. The molecule has 0 radical (unpaired) electrons. The Labute approximate surface area is 233 Å². The average molecular weight is 539 g/mol. The van der Waals surface area contributed by atoms with Crippen molar-refractivity contribution in [2.75, 3.05) is 12.4 Å². The number of ether oxygens (including phenoxy) is 3. The Kier molecular flexibility index (Phi) is 9.23. The van der Waals surface area contributed by atoms with Crippen molar-refractivity contribution in [1.29, 1.82) is 5.26 Å². The number of aryl methyl sites for hydroxylation is 1. The first kappa shape index (κ1) is 27.3. The summed E-state index contributed by atoms with van der Waals surface area (Å²) in [5.41, 5.74) is 4.05. The second kappa shape index (κ2) is 13.2. The van der Waals surface area contributed by atoms with E-state index in [4.69, 9.17) is 25.8 Å². The molecule has 4 aromatic rings. The minimum absolute atomic E-state index is 0.0698. The van der Waals surface area contributed by atoms with E-state index in [-0.39, 0.29) is 5.57 Å². The van der Waals surface area contributed by atoms with Crippen molar-refractivity contribution < 1.29 is 19.0 Å². The number of nitrogens with one attached hydrogen (secondary N) is 1. The molecule has 39 heavy (non-hydrogen) atoms. The summed E-state index contributed by atoms with van der Waals surface area (Å²) >= 11 is 6.18. The van der Waals surface area contributed by atoms with Crippen molar-refractivity contribution in [3.63, 3.8) is 0 Å². The van der Waals surface area contributed by atoms with E-state index in [1.165, 1.54) is 6.08 Å². The van der Waals surface area contributed by atoms with Gasteiger partial charge in [-0.1, -0.05) is 59.6 Å². The number of rotatable bonds is 10. The first-order valence-corrected chi connectivity index (χ1v) is 12.6. The zero-order valence-corrected chi connectivity index (χ0v) is 22.4. The van der Waals surface area contributed by atoms with Crippen LogP contribution in [0.2, 0.25) is 5.02 Å². The first-order chi connectivity index (χ1) is 18.9. The number of halogens is 1. The van der Waals surface area contributed by atoms with E-state index >= 15 is 0 Å². The van der Waals surface area contributed by atoms with Crippen LogP contribution < -0.4 is 19.5 Å². The third-order valence-electron chi connectivity index (χ3n) is 5.83. The van der Waals surface area contributed by atoms with Crippen LogP contribution in [0.1, 0.15) is 22.3 Å². The van der Waals surface area contributed by atoms with Gasteiger partial charge in [-0.3, -0.25) is 4.79 Å². The van der Waals surface area contributed by atoms with Gasteiger partial charge in [0.2, 0.25) is 0 Å². The van der Waals surface area contributed by atoms with E-state index in [1.807, 2.05) is 61.5 Å². The molecule has 0 aliphatic heterocycles. The van der Waals surface area contributed by atoms with Crippen molar-refractivity contribution in [2.45, 2.75) is 20.1 Å². The molecule has 0 fully saturated rings. The maximum Gasteiger partial charge on any atom is 0.266 e. The second-order valence-electron chi connectivity index (χ2n) is 8.71. The number of methoxy groups -OCH3 is 1. The molecule has 0 atom stereocenters. The Bertz CT molecular complexity index is 1520. The Morgan fingerprint density at radius 3 is 2.41 bits per heavy atom. The van der Waals surface area contributed by atoms with Crippen LogP contribution in [0.15, 0.2) is 96.6 Å². The molecule has 7 heteroatoms. The van der Waals surface area contributed by atoms with Crippen LogP contribution in [0.3, 0.4) is 0 Å². The highest BCUT2D eigenvalue weighted by atomic mass is 35.5. The third-order valence-corrected chi connectivity index (χ3v) is 6.20. The summed E-state index contributed by atoms with van der Waals surface area (Å²) in [4.78, 5) is 12.9. The molecule has 6 nitrogen and oxygen atoms in total. The lowest BCUT2D eigenvalue weighted by molar-refractivity contribution is -0.112. The van der Waals surface area contributed by atoms with E-state index in [9.17, 15) is 10.1 Å². The molecular weight excluding hydrogens is 512 g/mol. The molecule has 4 aromatic carbocycles. The summed E-state index contributed by atoms with van der Waals surface area (Å²) in [6.07, 6.45) is 1.50. The predicted molar refractivity (Wildman–Crippen MR) is 153 cm³/mol. The highest BCUT2D eigenvalue weighted by molar-refractivity contribution is 6.31. The molecule has 0 heterocycles. The number of carbonyl (C=O) groups is 1. The highest BCUT2D eigenvalue weighted by Crippen LogP contribution is 2.28. The summed E-state index contributed by atoms with van der Waals surface area (Å²) in [5, 5.41) is 13.1. The highest BCUT2D eigenvalue weighted by Gasteiger charge is 2.13. The van der Waals surface area contributed by atoms with Crippen molar-refractivity contribution in [3.05, 3.63) is 124 Å². The summed E-state index contributed by atoms with van der Waals surface area (Å²) in [6.45, 7) is 2.67. The summed E-state index contributed by atoms with van der Waals surface area (Å²) in [7, 11) is 1.57. The molecule has 0 aliphatic carbocycles. The van der Waals surface area contributed by atoms with Gasteiger partial charge in [0.1, 0.15) is 42.1 Å². The van der Waals surface area contributed by atoms with Crippen molar-refractivity contribution >= 4 is 29.3 Å². The number of nitriles is 1. The molecule has 1 amide bonds. The quantitative estimate of drug-likeness (QED) is 0.168. The molecule has 0 spiro atoms. The molecule has 0 saturated carbocycles. The van der Waals surface area contributed by atoms with Gasteiger partial charge >= 0.3 is 0 Å². The van der Waals surface area contributed by atoms with Crippen LogP contribution in [0.4, 0.5) is 5.69 Å². The maximum absolute atomic E-state index is 12.9. The molecule has 0 bridgehead atoms. The number of benzene rings is 4. The topological polar surface area (TPSA) is 80.6 Å². The molecule has 1 N–H and O–H groups in total. The van der Waals surface area contributed by atoms with E-state index in [2.05, 4.69) is 5.32 Å². The number of amides is 1. The lowest BCUT2D eigenvalue weighted by Crippen LogP contribution is -2.13. The normalized spacial score (nSPS) is 10.9. The number of hydrogen-bond acceptors (Lipinski definition) is 5. The number of carbonyl (C=O) groups excluding carboxylic acids is 1. The third kappa shape index (κ3) is 7.64. The van der Waals surface area contributed by atoms with Crippen molar-refractivity contribution in [1.82, 2.24) is 0 Å². The number of anilines is 1. The fourth-order valence-corrected chi connectivity index (χ4v) is 3.95. The van der Waals surface area contributed by atoms with E-state index < -0.39 is 5.91 Å². The maximum atomic E-state index is 12.9. The summed E-state index contributed by atoms with van der Waals surface area (Å²) in [6, 6.07) is 29.6. The smallest absolute Gasteiger partial charge is 0.266 e. The Morgan fingerprint density at radius 2 is 1.69 bits per heavy atom. The van der Waals surface area contributed by atoms with Crippen LogP contribution in [-0.2, 0) is 18.0 Å². The van der Waals surface area contributed by atoms with Gasteiger partial charge in [0.15, 0.2) is 0 Å². The fraction of sp³-hybridized carbons (Fsp3) is 0.125. The average Bonchev–Trinajstić information content (AvgIpc) is 2.95. The zero-order chi connectivity index (χ0) is 27.6. The first-order valence-electron chi connectivity index (χ1n) is 12.2. The van der Waals surface area contributed by atoms with Gasteiger partial charge in [-0.05, 0) is 61.0 Å². The van der Waals surface area contributed by atoms with Crippen molar-refractivity contribution in [3.8, 4) is 23.3 Å². The van der Waals surface area contributed by atoms with Crippen LogP contribution in [-0.4, -0.2) is 13.0 Å².